The van der Waals surface area contributed by atoms with E-state index in [0.29, 0.717) is 0 Å². The van der Waals surface area contributed by atoms with Crippen molar-refractivity contribution in [2.24, 2.45) is 0 Å². The summed E-state index contributed by atoms with van der Waals surface area (Å²) in [5.74, 6) is -0.675. The lowest BCUT2D eigenvalue weighted by atomic mass is 9.87. The Morgan fingerprint density at radius 1 is 1.47 bits per heavy atom. The molecule has 2 aliphatic rings. The van der Waals surface area contributed by atoms with Crippen LogP contribution in [-0.4, -0.2) is 24.7 Å². The first-order valence-electron chi connectivity index (χ1n) is 6.18. The molecule has 1 fully saturated rings. The number of hydrogen-bond donors (Lipinski definition) is 1. The van der Waals surface area contributed by atoms with E-state index in [-0.39, 0.29) is 11.8 Å². The molecule has 17 heavy (non-hydrogen) atoms. The van der Waals surface area contributed by atoms with Crippen LogP contribution in [-0.2, 0) is 16.6 Å². The van der Waals surface area contributed by atoms with Crippen molar-refractivity contribution in [3.8, 4) is 0 Å². The molecule has 0 saturated heterocycles. The number of fused-ring (bicyclic) bond motifs is 1. The van der Waals surface area contributed by atoms with Crippen molar-refractivity contribution < 1.29 is 9.90 Å². The molecule has 0 radical (unpaired) electrons. The van der Waals surface area contributed by atoms with Crippen molar-refractivity contribution in [2.75, 3.05) is 18.5 Å². The van der Waals surface area contributed by atoms with Crippen LogP contribution in [0.25, 0.3) is 0 Å². The smallest absolute Gasteiger partial charge is 0.304 e. The van der Waals surface area contributed by atoms with Gasteiger partial charge < -0.3 is 10.0 Å². The van der Waals surface area contributed by atoms with E-state index in [4.69, 9.17) is 5.11 Å². The molecule has 0 unspecified atom stereocenters. The molecule has 1 heterocycles. The van der Waals surface area contributed by atoms with Crippen LogP contribution in [0.15, 0.2) is 18.2 Å². The third kappa shape index (κ3) is 1.61. The normalized spacial score (nSPS) is 20.2. The zero-order valence-electron chi connectivity index (χ0n) is 10.1. The maximum Gasteiger partial charge on any atom is 0.304 e. The van der Waals surface area contributed by atoms with Crippen LogP contribution in [0.3, 0.4) is 0 Å². The Balaban J connectivity index is 2.02. The molecule has 1 aromatic rings. The first kappa shape index (κ1) is 10.6. The second-order valence-electron chi connectivity index (χ2n) is 5.33. The number of carboxylic acid groups (broad SMARTS) is 1. The van der Waals surface area contributed by atoms with Gasteiger partial charge in [0.1, 0.15) is 0 Å². The topological polar surface area (TPSA) is 40.5 Å². The highest BCUT2D eigenvalue weighted by Gasteiger charge is 2.47. The van der Waals surface area contributed by atoms with E-state index in [1.165, 1.54) is 16.8 Å². The van der Waals surface area contributed by atoms with Crippen LogP contribution in [0, 0.1) is 0 Å². The van der Waals surface area contributed by atoms with Gasteiger partial charge >= 0.3 is 5.97 Å². The van der Waals surface area contributed by atoms with Crippen LogP contribution in [0.1, 0.15) is 30.4 Å². The monoisotopic (exact) mass is 231 g/mol. The van der Waals surface area contributed by atoms with E-state index in [2.05, 4.69) is 30.1 Å². The highest BCUT2D eigenvalue weighted by atomic mass is 16.4. The maximum absolute atomic E-state index is 11.0. The van der Waals surface area contributed by atoms with E-state index < -0.39 is 5.97 Å². The van der Waals surface area contributed by atoms with Gasteiger partial charge in [-0.3, -0.25) is 4.79 Å². The lowest BCUT2D eigenvalue weighted by Crippen LogP contribution is -2.15. The average Bonchev–Trinajstić information content (AvgIpc) is 2.96. The molecule has 0 amide bonds. The van der Waals surface area contributed by atoms with Gasteiger partial charge in [0.25, 0.3) is 0 Å². The second-order valence-corrected chi connectivity index (χ2v) is 5.33. The Kier molecular flexibility index (Phi) is 2.18. The predicted octanol–water partition coefficient (Wildman–Crippen LogP) is 2.19. The van der Waals surface area contributed by atoms with Crippen LogP contribution >= 0.6 is 0 Å². The summed E-state index contributed by atoms with van der Waals surface area (Å²) < 4.78 is 0. The second kappa shape index (κ2) is 3.49. The quantitative estimate of drug-likeness (QED) is 0.866. The number of carboxylic acids is 1. The van der Waals surface area contributed by atoms with Gasteiger partial charge in [-0.25, -0.2) is 0 Å². The molecule has 0 bridgehead atoms. The number of nitrogens with zero attached hydrogens (tertiary/aromatic N) is 1. The van der Waals surface area contributed by atoms with Crippen molar-refractivity contribution in [2.45, 2.75) is 31.1 Å². The third-order valence-corrected chi connectivity index (χ3v) is 4.17. The number of rotatable bonds is 3. The molecule has 1 saturated carbocycles. The maximum atomic E-state index is 11.0. The predicted molar refractivity (Wildman–Crippen MR) is 66.6 cm³/mol. The molecule has 3 heteroatoms. The van der Waals surface area contributed by atoms with Gasteiger partial charge in [-0.05, 0) is 36.5 Å². The van der Waals surface area contributed by atoms with Crippen LogP contribution < -0.4 is 4.90 Å². The average molecular weight is 231 g/mol. The van der Waals surface area contributed by atoms with Gasteiger partial charge in [0, 0.05) is 24.7 Å². The first-order chi connectivity index (χ1) is 8.12. The highest BCUT2D eigenvalue weighted by Crippen LogP contribution is 2.53. The third-order valence-electron chi connectivity index (χ3n) is 4.17. The summed E-state index contributed by atoms with van der Waals surface area (Å²) in [6.07, 6.45) is 3.40. The molecule has 1 N–H and O–H groups in total. The van der Waals surface area contributed by atoms with Crippen molar-refractivity contribution in [3.05, 3.63) is 29.3 Å². The van der Waals surface area contributed by atoms with Crippen molar-refractivity contribution in [3.63, 3.8) is 0 Å². The van der Waals surface area contributed by atoms with Gasteiger partial charge in [0.15, 0.2) is 0 Å². The number of hydrogen-bond acceptors (Lipinski definition) is 2. The molecular formula is C14H17NO2. The Morgan fingerprint density at radius 2 is 2.24 bits per heavy atom. The minimum atomic E-state index is -0.675. The minimum Gasteiger partial charge on any atom is -0.481 e. The fourth-order valence-corrected chi connectivity index (χ4v) is 3.07. The van der Waals surface area contributed by atoms with Gasteiger partial charge in [-0.1, -0.05) is 12.1 Å². The zero-order chi connectivity index (χ0) is 12.0. The molecule has 0 atom stereocenters. The first-order valence-corrected chi connectivity index (χ1v) is 6.18. The van der Waals surface area contributed by atoms with Gasteiger partial charge in [0.2, 0.25) is 0 Å². The van der Waals surface area contributed by atoms with Gasteiger partial charge in [0.05, 0.1) is 6.42 Å². The number of aliphatic carboxylic acids is 1. The van der Waals surface area contributed by atoms with Gasteiger partial charge in [-0.2, -0.15) is 0 Å². The lowest BCUT2D eigenvalue weighted by molar-refractivity contribution is -0.137. The summed E-state index contributed by atoms with van der Waals surface area (Å²) in [7, 11) is 2.10. The van der Waals surface area contributed by atoms with Crippen LogP contribution in [0.4, 0.5) is 5.69 Å². The molecule has 3 rings (SSSR count). The van der Waals surface area contributed by atoms with E-state index in [1.54, 1.807) is 0 Å². The summed E-state index contributed by atoms with van der Waals surface area (Å²) in [5, 5.41) is 9.04. The number of anilines is 1. The minimum absolute atomic E-state index is 0.0532. The van der Waals surface area contributed by atoms with Gasteiger partial charge in [-0.15, -0.1) is 0 Å². The molecule has 1 aliphatic heterocycles. The van der Waals surface area contributed by atoms with E-state index >= 15 is 0 Å². The summed E-state index contributed by atoms with van der Waals surface area (Å²) in [4.78, 5) is 13.2. The summed E-state index contributed by atoms with van der Waals surface area (Å²) in [6, 6.07) is 6.34. The standard InChI is InChI=1S/C14H17NO2/c1-15-8-5-10-11(3-2-4-12(10)15)14(6-7-14)9-13(16)17/h2-4H,5-9H2,1H3,(H,16,17). The lowest BCUT2D eigenvalue weighted by Gasteiger charge is -2.18. The summed E-state index contributed by atoms with van der Waals surface area (Å²) in [6.45, 7) is 1.05. The Labute approximate surface area is 101 Å². The highest BCUT2D eigenvalue weighted by molar-refractivity contribution is 5.72. The largest absolute Gasteiger partial charge is 0.481 e. The van der Waals surface area contributed by atoms with Crippen molar-refractivity contribution in [1.29, 1.82) is 0 Å². The van der Waals surface area contributed by atoms with Crippen molar-refractivity contribution in [1.82, 2.24) is 0 Å². The van der Waals surface area contributed by atoms with E-state index in [1.807, 2.05) is 0 Å². The molecule has 1 aliphatic carbocycles. The summed E-state index contributed by atoms with van der Waals surface area (Å²) >= 11 is 0. The fourth-order valence-electron chi connectivity index (χ4n) is 3.07. The van der Waals surface area contributed by atoms with Crippen LogP contribution in [0.2, 0.25) is 0 Å². The number of carbonyl (C=O) groups is 1. The van der Waals surface area contributed by atoms with E-state index in [0.717, 1.165) is 25.8 Å². The Hall–Kier alpha value is -1.51. The molecule has 3 nitrogen and oxygen atoms in total. The molecule has 1 aromatic carbocycles. The zero-order valence-corrected chi connectivity index (χ0v) is 10.1. The Bertz CT molecular complexity index is 477. The van der Waals surface area contributed by atoms with Crippen molar-refractivity contribution >= 4 is 11.7 Å². The summed E-state index contributed by atoms with van der Waals surface area (Å²) in [5.41, 5.74) is 3.91. The molecule has 0 aromatic heterocycles. The number of benzene rings is 1. The van der Waals surface area contributed by atoms with Crippen LogP contribution in [0.5, 0.6) is 0 Å². The fraction of sp³-hybridized carbons (Fsp3) is 0.500. The SMILES string of the molecule is CN1CCc2c1cccc2C1(CC(=O)O)CC1. The molecule has 0 spiro atoms. The Morgan fingerprint density at radius 3 is 2.88 bits per heavy atom. The molecular weight excluding hydrogens is 214 g/mol. The van der Waals surface area contributed by atoms with E-state index in [9.17, 15) is 4.79 Å². The molecule has 90 valence electrons. The number of likely N-dealkylation sites (N-methyl/N-ethyl adjacent to an activating group) is 1.